The van der Waals surface area contributed by atoms with Crippen molar-refractivity contribution in [2.24, 2.45) is 17.8 Å². The largest absolute Gasteiger partial charge is 0.390 e. The summed E-state index contributed by atoms with van der Waals surface area (Å²) < 4.78 is 0. The molecule has 2 rings (SSSR count). The van der Waals surface area contributed by atoms with Crippen LogP contribution in [0.15, 0.2) is 0 Å². The van der Waals surface area contributed by atoms with Crippen LogP contribution in [0.4, 0.5) is 0 Å². The van der Waals surface area contributed by atoms with Crippen LogP contribution in [-0.4, -0.2) is 47.8 Å². The van der Waals surface area contributed by atoms with Crippen molar-refractivity contribution < 1.29 is 5.11 Å². The molecule has 20 heavy (non-hydrogen) atoms. The summed E-state index contributed by atoms with van der Waals surface area (Å²) in [6, 6.07) is 0.682. The van der Waals surface area contributed by atoms with Crippen LogP contribution in [-0.2, 0) is 0 Å². The number of piperidine rings is 1. The van der Waals surface area contributed by atoms with Gasteiger partial charge in [0.1, 0.15) is 0 Å². The topological polar surface area (TPSA) is 35.5 Å². The molecule has 0 amide bonds. The second-order valence-electron chi connectivity index (χ2n) is 7.68. The Hall–Kier alpha value is -0.120. The summed E-state index contributed by atoms with van der Waals surface area (Å²) >= 11 is 0. The fourth-order valence-corrected chi connectivity index (χ4v) is 4.23. The SMILES string of the molecule is CCNC1CC(C)CC(C)C1CN1CCC(C)(O)CC1. The molecular formula is C17H34N2O. The Morgan fingerprint density at radius 3 is 2.45 bits per heavy atom. The molecule has 2 N–H and O–H groups in total. The van der Waals surface area contributed by atoms with Gasteiger partial charge in [-0.3, -0.25) is 0 Å². The van der Waals surface area contributed by atoms with E-state index in [-0.39, 0.29) is 0 Å². The molecule has 1 aliphatic carbocycles. The van der Waals surface area contributed by atoms with Crippen LogP contribution in [0.1, 0.15) is 53.4 Å². The van der Waals surface area contributed by atoms with Gasteiger partial charge in [-0.2, -0.15) is 0 Å². The smallest absolute Gasteiger partial charge is 0.0644 e. The molecule has 4 atom stereocenters. The van der Waals surface area contributed by atoms with Gasteiger partial charge in [-0.25, -0.2) is 0 Å². The molecule has 0 aromatic rings. The molecular weight excluding hydrogens is 248 g/mol. The quantitative estimate of drug-likeness (QED) is 0.831. The molecule has 4 unspecified atom stereocenters. The fraction of sp³-hybridized carbons (Fsp3) is 1.00. The maximum atomic E-state index is 10.1. The molecule has 0 radical (unpaired) electrons. The van der Waals surface area contributed by atoms with E-state index in [4.69, 9.17) is 0 Å². The van der Waals surface area contributed by atoms with Crippen molar-refractivity contribution in [2.45, 2.75) is 65.0 Å². The Balaban J connectivity index is 1.91. The first-order chi connectivity index (χ1) is 9.41. The Morgan fingerprint density at radius 2 is 1.85 bits per heavy atom. The molecule has 1 saturated carbocycles. The second-order valence-corrected chi connectivity index (χ2v) is 7.68. The third kappa shape index (κ3) is 4.19. The van der Waals surface area contributed by atoms with Crippen LogP contribution in [0, 0.1) is 17.8 Å². The Bertz CT molecular complexity index is 295. The van der Waals surface area contributed by atoms with Crippen molar-refractivity contribution >= 4 is 0 Å². The number of aliphatic hydroxyl groups is 1. The Kier molecular flexibility index (Phi) is 5.49. The first-order valence-electron chi connectivity index (χ1n) is 8.59. The van der Waals surface area contributed by atoms with Crippen LogP contribution in [0.3, 0.4) is 0 Å². The van der Waals surface area contributed by atoms with Gasteiger partial charge in [-0.05, 0) is 56.9 Å². The number of nitrogens with one attached hydrogen (secondary N) is 1. The molecule has 3 nitrogen and oxygen atoms in total. The highest BCUT2D eigenvalue weighted by Gasteiger charge is 2.36. The highest BCUT2D eigenvalue weighted by Crippen LogP contribution is 2.35. The monoisotopic (exact) mass is 282 g/mol. The van der Waals surface area contributed by atoms with Gasteiger partial charge in [0, 0.05) is 25.7 Å². The zero-order chi connectivity index (χ0) is 14.8. The third-order valence-electron chi connectivity index (χ3n) is 5.55. The Labute approximate surface area is 125 Å². The van der Waals surface area contributed by atoms with E-state index in [0.29, 0.717) is 6.04 Å². The van der Waals surface area contributed by atoms with Gasteiger partial charge in [0.15, 0.2) is 0 Å². The molecule has 0 spiro atoms. The lowest BCUT2D eigenvalue weighted by Crippen LogP contribution is -2.51. The minimum absolute atomic E-state index is 0.426. The van der Waals surface area contributed by atoms with E-state index in [1.807, 2.05) is 6.92 Å². The van der Waals surface area contributed by atoms with Gasteiger partial charge in [0.25, 0.3) is 0 Å². The fourth-order valence-electron chi connectivity index (χ4n) is 4.23. The van der Waals surface area contributed by atoms with E-state index in [2.05, 4.69) is 31.0 Å². The van der Waals surface area contributed by atoms with Crippen molar-refractivity contribution in [3.63, 3.8) is 0 Å². The average molecular weight is 282 g/mol. The highest BCUT2D eigenvalue weighted by atomic mass is 16.3. The van der Waals surface area contributed by atoms with Crippen molar-refractivity contribution in [3.05, 3.63) is 0 Å². The first kappa shape index (κ1) is 16.3. The summed E-state index contributed by atoms with van der Waals surface area (Å²) in [5, 5.41) is 13.8. The van der Waals surface area contributed by atoms with E-state index in [1.54, 1.807) is 0 Å². The van der Waals surface area contributed by atoms with E-state index >= 15 is 0 Å². The number of nitrogens with zero attached hydrogens (tertiary/aromatic N) is 1. The molecule has 3 heteroatoms. The van der Waals surface area contributed by atoms with Gasteiger partial charge in [0.05, 0.1) is 5.60 Å². The van der Waals surface area contributed by atoms with E-state index in [9.17, 15) is 5.11 Å². The molecule has 2 fully saturated rings. The predicted molar refractivity (Wildman–Crippen MR) is 84.8 cm³/mol. The average Bonchev–Trinajstić information content (AvgIpc) is 2.35. The van der Waals surface area contributed by atoms with Gasteiger partial charge in [0.2, 0.25) is 0 Å². The number of likely N-dealkylation sites (tertiary alicyclic amines) is 1. The maximum absolute atomic E-state index is 10.1. The van der Waals surface area contributed by atoms with Crippen molar-refractivity contribution in [2.75, 3.05) is 26.2 Å². The summed E-state index contributed by atoms with van der Waals surface area (Å²) in [4.78, 5) is 2.58. The van der Waals surface area contributed by atoms with Crippen LogP contribution < -0.4 is 5.32 Å². The normalized spacial score (nSPS) is 38.9. The molecule has 0 aromatic carbocycles. The van der Waals surface area contributed by atoms with E-state index in [0.717, 1.165) is 50.2 Å². The first-order valence-corrected chi connectivity index (χ1v) is 8.59. The minimum Gasteiger partial charge on any atom is -0.390 e. The molecule has 1 heterocycles. The molecule has 0 aromatic heterocycles. The van der Waals surface area contributed by atoms with Gasteiger partial charge in [-0.15, -0.1) is 0 Å². The summed E-state index contributed by atoms with van der Waals surface area (Å²) in [6.45, 7) is 13.4. The summed E-state index contributed by atoms with van der Waals surface area (Å²) in [6.07, 6.45) is 4.55. The van der Waals surface area contributed by atoms with Crippen molar-refractivity contribution in [1.29, 1.82) is 0 Å². The zero-order valence-electron chi connectivity index (χ0n) is 13.9. The molecule has 118 valence electrons. The second kappa shape index (κ2) is 6.76. The summed E-state index contributed by atoms with van der Waals surface area (Å²) in [7, 11) is 0. The maximum Gasteiger partial charge on any atom is 0.0644 e. The van der Waals surface area contributed by atoms with Gasteiger partial charge < -0.3 is 15.3 Å². The predicted octanol–water partition coefficient (Wildman–Crippen LogP) is 2.49. The standard InChI is InChI=1S/C17H34N2O/c1-5-18-16-11-13(2)10-14(3)15(16)12-19-8-6-17(4,20)7-9-19/h13-16,18,20H,5-12H2,1-4H3. The van der Waals surface area contributed by atoms with E-state index < -0.39 is 5.60 Å². The summed E-state index contributed by atoms with van der Waals surface area (Å²) in [5.74, 6) is 2.44. The Morgan fingerprint density at radius 1 is 1.20 bits per heavy atom. The molecule has 2 aliphatic rings. The number of rotatable bonds is 4. The van der Waals surface area contributed by atoms with Crippen LogP contribution in [0.2, 0.25) is 0 Å². The van der Waals surface area contributed by atoms with Crippen molar-refractivity contribution in [3.8, 4) is 0 Å². The summed E-state index contributed by atoms with van der Waals surface area (Å²) in [5.41, 5.74) is -0.426. The van der Waals surface area contributed by atoms with Crippen LogP contribution in [0.5, 0.6) is 0 Å². The minimum atomic E-state index is -0.426. The third-order valence-corrected chi connectivity index (χ3v) is 5.55. The molecule has 1 aliphatic heterocycles. The lowest BCUT2D eigenvalue weighted by molar-refractivity contribution is -0.0158. The van der Waals surface area contributed by atoms with Crippen molar-refractivity contribution in [1.82, 2.24) is 10.2 Å². The zero-order valence-corrected chi connectivity index (χ0v) is 13.9. The molecule has 1 saturated heterocycles. The van der Waals surface area contributed by atoms with Gasteiger partial charge >= 0.3 is 0 Å². The van der Waals surface area contributed by atoms with Crippen LogP contribution >= 0.6 is 0 Å². The van der Waals surface area contributed by atoms with E-state index in [1.165, 1.54) is 19.4 Å². The highest BCUT2D eigenvalue weighted by molar-refractivity contribution is 4.91. The lowest BCUT2D eigenvalue weighted by atomic mass is 9.72. The molecule has 0 bridgehead atoms. The van der Waals surface area contributed by atoms with Crippen LogP contribution in [0.25, 0.3) is 0 Å². The van der Waals surface area contributed by atoms with Gasteiger partial charge in [-0.1, -0.05) is 20.8 Å². The lowest BCUT2D eigenvalue weighted by Gasteiger charge is -2.44. The number of hydrogen-bond acceptors (Lipinski definition) is 3. The number of hydrogen-bond donors (Lipinski definition) is 2.